The molecule has 0 spiro atoms. The van der Waals surface area contributed by atoms with E-state index in [9.17, 15) is 9.59 Å². The van der Waals surface area contributed by atoms with Gasteiger partial charge in [0, 0.05) is 48.5 Å². The molecule has 1 fully saturated rings. The third-order valence-electron chi connectivity index (χ3n) is 6.14. The largest absolute Gasteiger partial charge is 0.493 e. The van der Waals surface area contributed by atoms with Crippen LogP contribution >= 0.6 is 0 Å². The second-order valence-corrected chi connectivity index (χ2v) is 8.77. The van der Waals surface area contributed by atoms with Gasteiger partial charge in [0.15, 0.2) is 0 Å². The lowest BCUT2D eigenvalue weighted by molar-refractivity contribution is -0.0543. The summed E-state index contributed by atoms with van der Waals surface area (Å²) in [6, 6.07) is 7.17. The van der Waals surface area contributed by atoms with Crippen molar-refractivity contribution in [2.45, 2.75) is 39.4 Å². The highest BCUT2D eigenvalue weighted by Crippen LogP contribution is 2.36. The zero-order chi connectivity index (χ0) is 23.8. The molecule has 2 atom stereocenters. The van der Waals surface area contributed by atoms with Crippen molar-refractivity contribution in [1.29, 1.82) is 0 Å². The van der Waals surface area contributed by atoms with Gasteiger partial charge in [-0.3, -0.25) is 20.1 Å². The summed E-state index contributed by atoms with van der Waals surface area (Å²) in [5.74, 6) is 0.310. The maximum Gasteiger partial charge on any atom is 0.324 e. The lowest BCUT2D eigenvalue weighted by Gasteiger charge is -2.35. The Labute approximate surface area is 197 Å². The summed E-state index contributed by atoms with van der Waals surface area (Å²) >= 11 is 0. The van der Waals surface area contributed by atoms with Crippen LogP contribution in [0.5, 0.6) is 5.75 Å². The minimum absolute atomic E-state index is 0.0953. The number of nitrogens with zero attached hydrogens (tertiary/aromatic N) is 3. The molecule has 176 valence electrons. The summed E-state index contributed by atoms with van der Waals surface area (Å²) in [5.41, 5.74) is 4.20. The first-order valence-electron chi connectivity index (χ1n) is 11.4. The number of urea groups is 1. The Morgan fingerprint density at radius 1 is 1.12 bits per heavy atom. The monoisotopic (exact) mass is 461 g/mol. The average molecular weight is 462 g/mol. The summed E-state index contributed by atoms with van der Waals surface area (Å²) in [6.45, 7) is 7.15. The van der Waals surface area contributed by atoms with Crippen molar-refractivity contribution in [3.05, 3.63) is 53.5 Å². The number of rotatable bonds is 3. The minimum Gasteiger partial charge on any atom is -0.493 e. The van der Waals surface area contributed by atoms with Gasteiger partial charge < -0.3 is 19.7 Å². The van der Waals surface area contributed by atoms with E-state index in [-0.39, 0.29) is 17.8 Å². The number of hydrogen-bond donors (Lipinski definition) is 2. The van der Waals surface area contributed by atoms with Crippen molar-refractivity contribution >= 4 is 34.2 Å². The molecule has 3 aromatic rings. The summed E-state index contributed by atoms with van der Waals surface area (Å²) < 4.78 is 11.4. The van der Waals surface area contributed by atoms with Gasteiger partial charge >= 0.3 is 6.03 Å². The van der Waals surface area contributed by atoms with Gasteiger partial charge in [0.1, 0.15) is 5.75 Å². The fourth-order valence-corrected chi connectivity index (χ4v) is 4.63. The van der Waals surface area contributed by atoms with E-state index in [1.54, 1.807) is 11.1 Å². The summed E-state index contributed by atoms with van der Waals surface area (Å²) in [7, 11) is 0. The molecule has 2 aromatic heterocycles. The van der Waals surface area contributed by atoms with Crippen molar-refractivity contribution in [3.63, 3.8) is 0 Å². The first-order valence-corrected chi connectivity index (χ1v) is 11.4. The number of aryl methyl sites for hydroxylation is 1. The van der Waals surface area contributed by atoms with Crippen molar-refractivity contribution in [2.75, 3.05) is 25.0 Å². The normalized spacial score (nSPS) is 19.4. The first kappa shape index (κ1) is 22.1. The number of nitrogens with one attached hydrogen (secondary N) is 2. The van der Waals surface area contributed by atoms with Crippen molar-refractivity contribution in [1.82, 2.24) is 20.2 Å². The summed E-state index contributed by atoms with van der Waals surface area (Å²) in [5, 5.41) is 6.72. The van der Waals surface area contributed by atoms with Gasteiger partial charge in [0.05, 0.1) is 41.3 Å². The van der Waals surface area contributed by atoms with Crippen LogP contribution in [0.4, 0.5) is 16.2 Å². The van der Waals surface area contributed by atoms with Crippen LogP contribution in [0.15, 0.2) is 36.7 Å². The Morgan fingerprint density at radius 2 is 1.91 bits per heavy atom. The maximum atomic E-state index is 13.3. The van der Waals surface area contributed by atoms with Gasteiger partial charge in [0.2, 0.25) is 0 Å². The van der Waals surface area contributed by atoms with Gasteiger partial charge in [-0.2, -0.15) is 0 Å². The number of pyridine rings is 2. The van der Waals surface area contributed by atoms with Crippen molar-refractivity contribution < 1.29 is 19.1 Å². The lowest BCUT2D eigenvalue weighted by Crippen LogP contribution is -2.52. The number of morpholine rings is 1. The van der Waals surface area contributed by atoms with Crippen molar-refractivity contribution in [2.24, 2.45) is 0 Å². The molecule has 0 bridgehead atoms. The molecule has 4 heterocycles. The smallest absolute Gasteiger partial charge is 0.324 e. The standard InChI is InChI=1S/C25H27N5O4/c1-14-12-30(13-15(2)34-14)25(32)29-24(31)19-11-27-22-16(3)26-9-7-18(22)23(19)28-20-5-4-6-21-17(20)8-10-33-21/h4-7,9,11,14-15H,8,10,12-13H2,1-3H3,(H,27,28)(H,29,31,32)/t14-,15?/m1/s1. The van der Waals surface area contributed by atoms with Crippen LogP contribution in [0.3, 0.4) is 0 Å². The van der Waals surface area contributed by atoms with E-state index in [0.29, 0.717) is 30.9 Å². The van der Waals surface area contributed by atoms with E-state index in [1.807, 2.05) is 45.0 Å². The Hall–Kier alpha value is -3.72. The van der Waals surface area contributed by atoms with Crippen molar-refractivity contribution in [3.8, 4) is 5.75 Å². The van der Waals surface area contributed by atoms with E-state index in [2.05, 4.69) is 20.6 Å². The molecule has 1 aromatic carbocycles. The van der Waals surface area contributed by atoms with Crippen LogP contribution in [-0.4, -0.2) is 58.7 Å². The topological polar surface area (TPSA) is 106 Å². The molecule has 5 rings (SSSR count). The molecule has 9 heteroatoms. The number of carbonyl (C=O) groups is 2. The maximum absolute atomic E-state index is 13.3. The molecule has 3 amide bonds. The number of aromatic nitrogens is 2. The van der Waals surface area contributed by atoms with Gasteiger partial charge in [-0.15, -0.1) is 0 Å². The van der Waals surface area contributed by atoms with Crippen LogP contribution < -0.4 is 15.4 Å². The van der Waals surface area contributed by atoms with Crippen LogP contribution in [-0.2, 0) is 11.2 Å². The van der Waals surface area contributed by atoms with E-state index < -0.39 is 11.9 Å². The molecular weight excluding hydrogens is 434 g/mol. The van der Waals surface area contributed by atoms with E-state index in [4.69, 9.17) is 9.47 Å². The van der Waals surface area contributed by atoms with E-state index in [1.165, 1.54) is 6.20 Å². The molecule has 0 radical (unpaired) electrons. The third-order valence-corrected chi connectivity index (χ3v) is 6.14. The van der Waals surface area contributed by atoms with Gasteiger partial charge in [-0.05, 0) is 39.0 Å². The van der Waals surface area contributed by atoms with Gasteiger partial charge in [-0.25, -0.2) is 4.79 Å². The molecule has 0 saturated carbocycles. The number of benzene rings is 1. The fourth-order valence-electron chi connectivity index (χ4n) is 4.63. The number of carbonyl (C=O) groups excluding carboxylic acids is 2. The molecule has 9 nitrogen and oxygen atoms in total. The number of ether oxygens (including phenoxy) is 2. The number of imide groups is 1. The van der Waals surface area contributed by atoms with Crippen LogP contribution in [0.25, 0.3) is 10.9 Å². The van der Waals surface area contributed by atoms with Crippen LogP contribution in [0.1, 0.15) is 35.5 Å². The highest BCUT2D eigenvalue weighted by Gasteiger charge is 2.28. The number of fused-ring (bicyclic) bond motifs is 2. The minimum atomic E-state index is -0.521. The SMILES string of the molecule is Cc1nccc2c(Nc3cccc4c3CCO4)c(C(=O)NC(=O)N3CC(C)O[C@H](C)C3)cnc12. The number of hydrogen-bond acceptors (Lipinski definition) is 7. The molecule has 0 aliphatic carbocycles. The fraction of sp³-hybridized carbons (Fsp3) is 0.360. The van der Waals surface area contributed by atoms with Crippen LogP contribution in [0.2, 0.25) is 0 Å². The quantitative estimate of drug-likeness (QED) is 0.614. The predicted octanol–water partition coefficient (Wildman–Crippen LogP) is 3.58. The second kappa shape index (κ2) is 8.90. The van der Waals surface area contributed by atoms with E-state index in [0.717, 1.165) is 34.5 Å². The summed E-state index contributed by atoms with van der Waals surface area (Å²) in [6.07, 6.45) is 3.76. The Kier molecular flexibility index (Phi) is 5.79. The first-order chi connectivity index (χ1) is 16.4. The summed E-state index contributed by atoms with van der Waals surface area (Å²) in [4.78, 5) is 36.6. The molecule has 1 unspecified atom stereocenters. The number of amides is 3. The third kappa shape index (κ3) is 4.14. The van der Waals surface area contributed by atoms with E-state index >= 15 is 0 Å². The number of anilines is 2. The Bertz CT molecular complexity index is 1270. The molecule has 2 aliphatic rings. The second-order valence-electron chi connectivity index (χ2n) is 8.77. The Morgan fingerprint density at radius 3 is 2.71 bits per heavy atom. The predicted molar refractivity (Wildman–Crippen MR) is 128 cm³/mol. The molecule has 2 N–H and O–H groups in total. The van der Waals surface area contributed by atoms with Gasteiger partial charge in [-0.1, -0.05) is 6.07 Å². The molecule has 1 saturated heterocycles. The molecule has 2 aliphatic heterocycles. The molecular formula is C25H27N5O4. The zero-order valence-electron chi connectivity index (χ0n) is 19.4. The Balaban J connectivity index is 1.50. The molecule has 34 heavy (non-hydrogen) atoms. The highest BCUT2D eigenvalue weighted by atomic mass is 16.5. The van der Waals surface area contributed by atoms with Gasteiger partial charge in [0.25, 0.3) is 5.91 Å². The zero-order valence-corrected chi connectivity index (χ0v) is 19.4. The van der Waals surface area contributed by atoms with Crippen LogP contribution in [0, 0.1) is 6.92 Å². The highest BCUT2D eigenvalue weighted by molar-refractivity contribution is 6.12. The average Bonchev–Trinajstić information content (AvgIpc) is 3.29. The lowest BCUT2D eigenvalue weighted by atomic mass is 10.1.